The van der Waals surface area contributed by atoms with E-state index >= 15 is 0 Å². The number of carbonyl (C=O) groups excluding carboxylic acids is 1. The Morgan fingerprint density at radius 1 is 1.75 bits per heavy atom. The van der Waals surface area contributed by atoms with Crippen molar-refractivity contribution in [3.8, 4) is 0 Å². The summed E-state index contributed by atoms with van der Waals surface area (Å²) in [5, 5.41) is 0. The minimum absolute atomic E-state index is 0.233. The van der Waals surface area contributed by atoms with Crippen LogP contribution in [-0.4, -0.2) is 15.5 Å². The number of aromatic nitrogens is 2. The first-order chi connectivity index (χ1) is 5.72. The van der Waals surface area contributed by atoms with E-state index in [9.17, 15) is 4.79 Å². The molecule has 0 aromatic carbocycles. The number of aryl methyl sites for hydroxylation is 1. The van der Waals surface area contributed by atoms with Crippen LogP contribution in [0.15, 0.2) is 12.5 Å². The maximum atomic E-state index is 10.5. The molecule has 12 heavy (non-hydrogen) atoms. The van der Waals surface area contributed by atoms with Gasteiger partial charge < -0.3 is 10.3 Å². The van der Waals surface area contributed by atoms with E-state index in [4.69, 9.17) is 5.73 Å². The summed E-state index contributed by atoms with van der Waals surface area (Å²) < 4.78 is 1.96. The average molecular weight is 167 g/mol. The van der Waals surface area contributed by atoms with Crippen molar-refractivity contribution >= 4 is 5.91 Å². The van der Waals surface area contributed by atoms with Crippen LogP contribution in [0.1, 0.15) is 19.0 Å². The summed E-state index contributed by atoms with van der Waals surface area (Å²) >= 11 is 0. The van der Waals surface area contributed by atoms with Gasteiger partial charge in [-0.3, -0.25) is 4.79 Å². The molecule has 0 aliphatic heterocycles. The van der Waals surface area contributed by atoms with Crippen LogP contribution in [0.2, 0.25) is 0 Å². The number of nitrogens with zero attached hydrogens (tertiary/aromatic N) is 2. The second-order valence-corrected chi connectivity index (χ2v) is 2.75. The van der Waals surface area contributed by atoms with Gasteiger partial charge in [-0.05, 0) is 6.42 Å². The Kier molecular flexibility index (Phi) is 2.85. The molecule has 0 fully saturated rings. The van der Waals surface area contributed by atoms with Gasteiger partial charge in [0.15, 0.2) is 0 Å². The zero-order valence-electron chi connectivity index (χ0n) is 7.16. The van der Waals surface area contributed by atoms with E-state index in [0.717, 1.165) is 18.7 Å². The Bertz CT molecular complexity index is 267. The largest absolute Gasteiger partial charge is 0.369 e. The van der Waals surface area contributed by atoms with Crippen molar-refractivity contribution in [2.45, 2.75) is 26.3 Å². The molecule has 0 bridgehead atoms. The average Bonchev–Trinajstić information content (AvgIpc) is 2.36. The lowest BCUT2D eigenvalue weighted by molar-refractivity contribution is -0.117. The van der Waals surface area contributed by atoms with Gasteiger partial charge in [0.05, 0.1) is 18.4 Å². The van der Waals surface area contributed by atoms with Gasteiger partial charge >= 0.3 is 0 Å². The molecule has 1 aromatic heterocycles. The van der Waals surface area contributed by atoms with Crippen LogP contribution in [0, 0.1) is 0 Å². The molecular formula is C8H13N3O. The molecular weight excluding hydrogens is 154 g/mol. The predicted octanol–water partition coefficient (Wildman–Crippen LogP) is 0.321. The van der Waals surface area contributed by atoms with Crippen molar-refractivity contribution < 1.29 is 4.79 Å². The molecule has 1 aromatic rings. The quantitative estimate of drug-likeness (QED) is 0.702. The molecule has 0 unspecified atom stereocenters. The van der Waals surface area contributed by atoms with Gasteiger partial charge in [-0.1, -0.05) is 6.92 Å². The Balaban J connectivity index is 2.58. The number of hydrogen-bond donors (Lipinski definition) is 1. The molecule has 0 spiro atoms. The lowest BCUT2D eigenvalue weighted by Crippen LogP contribution is -2.13. The lowest BCUT2D eigenvalue weighted by Gasteiger charge is -1.94. The van der Waals surface area contributed by atoms with Gasteiger partial charge in [0, 0.05) is 12.7 Å². The Morgan fingerprint density at radius 2 is 2.50 bits per heavy atom. The fourth-order valence-corrected chi connectivity index (χ4v) is 1.06. The summed E-state index contributed by atoms with van der Waals surface area (Å²) in [5.41, 5.74) is 5.77. The molecule has 4 heteroatoms. The molecule has 66 valence electrons. The van der Waals surface area contributed by atoms with Crippen molar-refractivity contribution in [3.63, 3.8) is 0 Å². The highest BCUT2D eigenvalue weighted by Gasteiger charge is 2.01. The third kappa shape index (κ3) is 2.38. The molecule has 2 N–H and O–H groups in total. The Morgan fingerprint density at radius 3 is 3.08 bits per heavy atom. The third-order valence-corrected chi connectivity index (χ3v) is 1.52. The van der Waals surface area contributed by atoms with Crippen LogP contribution >= 0.6 is 0 Å². The highest BCUT2D eigenvalue weighted by molar-refractivity contribution is 5.75. The van der Waals surface area contributed by atoms with E-state index in [-0.39, 0.29) is 12.3 Å². The number of amides is 1. The van der Waals surface area contributed by atoms with Crippen LogP contribution < -0.4 is 5.73 Å². The fraction of sp³-hybridized carbons (Fsp3) is 0.500. The van der Waals surface area contributed by atoms with Crippen LogP contribution in [0.4, 0.5) is 0 Å². The van der Waals surface area contributed by atoms with Crippen molar-refractivity contribution in [3.05, 3.63) is 18.2 Å². The second kappa shape index (κ2) is 3.90. The molecule has 0 atom stereocenters. The minimum atomic E-state index is -0.336. The Labute approximate surface area is 71.4 Å². The SMILES string of the molecule is CCCn1cnc(CC(N)=O)c1. The summed E-state index contributed by atoms with van der Waals surface area (Å²) in [6.45, 7) is 3.03. The molecule has 0 saturated carbocycles. The molecule has 1 rings (SSSR count). The van der Waals surface area contributed by atoms with Crippen LogP contribution in [0.25, 0.3) is 0 Å². The van der Waals surface area contributed by atoms with Gasteiger partial charge in [0.2, 0.25) is 5.91 Å². The van der Waals surface area contributed by atoms with Crippen molar-refractivity contribution in [2.24, 2.45) is 5.73 Å². The maximum Gasteiger partial charge on any atom is 0.223 e. The molecule has 0 aliphatic rings. The Hall–Kier alpha value is -1.32. The molecule has 0 aliphatic carbocycles. The zero-order chi connectivity index (χ0) is 8.97. The standard InChI is InChI=1S/C8H13N3O/c1-2-3-11-5-7(10-6-11)4-8(9)12/h5-6H,2-4H2,1H3,(H2,9,12). The summed E-state index contributed by atoms with van der Waals surface area (Å²) in [6.07, 6.45) is 4.87. The van der Waals surface area contributed by atoms with E-state index in [0.29, 0.717) is 0 Å². The second-order valence-electron chi connectivity index (χ2n) is 2.75. The summed E-state index contributed by atoms with van der Waals surface area (Å²) in [4.78, 5) is 14.5. The summed E-state index contributed by atoms with van der Waals surface area (Å²) in [7, 11) is 0. The zero-order valence-corrected chi connectivity index (χ0v) is 7.16. The first kappa shape index (κ1) is 8.77. The van der Waals surface area contributed by atoms with E-state index in [2.05, 4.69) is 11.9 Å². The van der Waals surface area contributed by atoms with Crippen LogP contribution in [-0.2, 0) is 17.8 Å². The number of primary amides is 1. The highest BCUT2D eigenvalue weighted by atomic mass is 16.1. The molecule has 1 amide bonds. The highest BCUT2D eigenvalue weighted by Crippen LogP contribution is 1.97. The third-order valence-electron chi connectivity index (χ3n) is 1.52. The van der Waals surface area contributed by atoms with Crippen LogP contribution in [0.5, 0.6) is 0 Å². The predicted molar refractivity (Wildman–Crippen MR) is 45.4 cm³/mol. The molecule has 0 radical (unpaired) electrons. The van der Waals surface area contributed by atoms with Gasteiger partial charge in [-0.2, -0.15) is 0 Å². The van der Waals surface area contributed by atoms with E-state index in [1.165, 1.54) is 0 Å². The molecule has 4 nitrogen and oxygen atoms in total. The van der Waals surface area contributed by atoms with Gasteiger partial charge in [0.1, 0.15) is 0 Å². The van der Waals surface area contributed by atoms with Crippen LogP contribution in [0.3, 0.4) is 0 Å². The molecule has 0 saturated heterocycles. The number of carbonyl (C=O) groups is 1. The first-order valence-electron chi connectivity index (χ1n) is 4.01. The van der Waals surface area contributed by atoms with Gasteiger partial charge in [0.25, 0.3) is 0 Å². The minimum Gasteiger partial charge on any atom is -0.369 e. The number of hydrogen-bond acceptors (Lipinski definition) is 2. The van der Waals surface area contributed by atoms with Crippen molar-refractivity contribution in [1.82, 2.24) is 9.55 Å². The number of imidazole rings is 1. The molecule has 1 heterocycles. The van der Waals surface area contributed by atoms with Crippen molar-refractivity contribution in [2.75, 3.05) is 0 Å². The summed E-state index contributed by atoms with van der Waals surface area (Å²) in [6, 6.07) is 0. The fourth-order valence-electron chi connectivity index (χ4n) is 1.06. The number of nitrogens with two attached hydrogens (primary N) is 1. The normalized spacial score (nSPS) is 10.1. The van der Waals surface area contributed by atoms with E-state index in [1.54, 1.807) is 6.33 Å². The topological polar surface area (TPSA) is 60.9 Å². The lowest BCUT2D eigenvalue weighted by atomic mass is 10.3. The maximum absolute atomic E-state index is 10.5. The number of rotatable bonds is 4. The van der Waals surface area contributed by atoms with E-state index < -0.39 is 0 Å². The van der Waals surface area contributed by atoms with E-state index in [1.807, 2.05) is 10.8 Å². The monoisotopic (exact) mass is 167 g/mol. The summed E-state index contributed by atoms with van der Waals surface area (Å²) in [5.74, 6) is -0.336. The van der Waals surface area contributed by atoms with Gasteiger partial charge in [-0.25, -0.2) is 4.98 Å². The smallest absolute Gasteiger partial charge is 0.223 e. The van der Waals surface area contributed by atoms with Crippen molar-refractivity contribution in [1.29, 1.82) is 0 Å². The van der Waals surface area contributed by atoms with Gasteiger partial charge in [-0.15, -0.1) is 0 Å². The first-order valence-corrected chi connectivity index (χ1v) is 4.01.